The smallest absolute Gasteiger partial charge is 0.224 e. The molecule has 3 rings (SSSR count). The molecule has 1 amide bonds. The summed E-state index contributed by atoms with van der Waals surface area (Å²) in [6.07, 6.45) is 2.75. The molecule has 2 aromatic rings. The van der Waals surface area contributed by atoms with Crippen molar-refractivity contribution >= 4 is 17.7 Å². The first-order valence-corrected chi connectivity index (χ1v) is 11.8. The molecule has 1 aliphatic rings. The zero-order valence-electron chi connectivity index (χ0n) is 17.8. The largest absolute Gasteiger partial charge is 0.338 e. The van der Waals surface area contributed by atoms with Crippen LogP contribution in [0.15, 0.2) is 65.6 Å². The molecule has 2 aromatic carbocycles. The molecule has 0 spiro atoms. The van der Waals surface area contributed by atoms with E-state index in [-0.39, 0.29) is 0 Å². The van der Waals surface area contributed by atoms with Crippen LogP contribution in [0.3, 0.4) is 0 Å². The Morgan fingerprint density at radius 2 is 1.62 bits per heavy atom. The number of benzene rings is 2. The van der Waals surface area contributed by atoms with Crippen LogP contribution in [-0.4, -0.2) is 53.7 Å². The van der Waals surface area contributed by atoms with Crippen molar-refractivity contribution in [3.05, 3.63) is 66.2 Å². The van der Waals surface area contributed by atoms with Gasteiger partial charge >= 0.3 is 0 Å². The maximum atomic E-state index is 13.0. The summed E-state index contributed by atoms with van der Waals surface area (Å²) in [5.74, 6) is 1.88. The monoisotopic (exact) mass is 410 g/mol. The number of amides is 1. The second-order valence-electron chi connectivity index (χ2n) is 8.32. The first kappa shape index (κ1) is 21.9. The van der Waals surface area contributed by atoms with E-state index < -0.39 is 0 Å². The molecule has 0 aliphatic carbocycles. The summed E-state index contributed by atoms with van der Waals surface area (Å²) in [7, 11) is 0. The van der Waals surface area contributed by atoms with Crippen LogP contribution >= 0.6 is 11.8 Å². The fourth-order valence-corrected chi connectivity index (χ4v) is 5.01. The first-order chi connectivity index (χ1) is 14.1. The van der Waals surface area contributed by atoms with E-state index in [0.29, 0.717) is 24.3 Å². The predicted octanol–water partition coefficient (Wildman–Crippen LogP) is 4.97. The molecule has 1 heterocycles. The number of rotatable bonds is 9. The third-order valence-corrected chi connectivity index (χ3v) is 6.71. The van der Waals surface area contributed by atoms with Crippen LogP contribution in [0.1, 0.15) is 32.3 Å². The van der Waals surface area contributed by atoms with Gasteiger partial charge in [-0.15, -0.1) is 11.8 Å². The van der Waals surface area contributed by atoms with E-state index in [1.165, 1.54) is 10.5 Å². The minimum atomic E-state index is 0.307. The summed E-state index contributed by atoms with van der Waals surface area (Å²) in [4.78, 5) is 18.9. The highest BCUT2D eigenvalue weighted by molar-refractivity contribution is 7.99. The summed E-state index contributed by atoms with van der Waals surface area (Å²) >= 11 is 1.87. The van der Waals surface area contributed by atoms with Gasteiger partial charge in [0.1, 0.15) is 0 Å². The molecule has 0 radical (unpaired) electrons. The van der Waals surface area contributed by atoms with Crippen molar-refractivity contribution < 1.29 is 4.79 Å². The highest BCUT2D eigenvalue weighted by Gasteiger charge is 2.27. The van der Waals surface area contributed by atoms with E-state index in [2.05, 4.69) is 84.3 Å². The molecular weight excluding hydrogens is 376 g/mol. The minimum Gasteiger partial charge on any atom is -0.338 e. The molecule has 0 unspecified atom stereocenters. The van der Waals surface area contributed by atoms with Gasteiger partial charge in [0, 0.05) is 49.3 Å². The zero-order valence-corrected chi connectivity index (χ0v) is 18.6. The van der Waals surface area contributed by atoms with Gasteiger partial charge in [0.2, 0.25) is 5.91 Å². The Bertz CT molecular complexity index is 735. The van der Waals surface area contributed by atoms with Crippen LogP contribution < -0.4 is 0 Å². The highest BCUT2D eigenvalue weighted by atomic mass is 32.2. The van der Waals surface area contributed by atoms with Crippen LogP contribution in [0, 0.1) is 5.92 Å². The van der Waals surface area contributed by atoms with Gasteiger partial charge in [-0.05, 0) is 36.5 Å². The van der Waals surface area contributed by atoms with E-state index >= 15 is 0 Å². The third kappa shape index (κ3) is 7.20. The topological polar surface area (TPSA) is 23.6 Å². The fourth-order valence-electron chi connectivity index (χ4n) is 3.96. The lowest BCUT2D eigenvalue weighted by molar-refractivity contribution is -0.132. The SMILES string of the molecule is CC(C)C[C@@H](CSc1ccccc1)N1CCN(CCc2ccccc2)CCC1=O. The normalized spacial score (nSPS) is 16.8. The van der Waals surface area contributed by atoms with Gasteiger partial charge in [-0.3, -0.25) is 4.79 Å². The summed E-state index contributed by atoms with van der Waals surface area (Å²) in [6, 6.07) is 21.5. The van der Waals surface area contributed by atoms with Crippen molar-refractivity contribution in [1.82, 2.24) is 9.80 Å². The van der Waals surface area contributed by atoms with E-state index in [9.17, 15) is 4.79 Å². The van der Waals surface area contributed by atoms with Gasteiger partial charge in [-0.1, -0.05) is 62.4 Å². The van der Waals surface area contributed by atoms with Crippen LogP contribution in [-0.2, 0) is 11.2 Å². The molecule has 0 saturated carbocycles. The van der Waals surface area contributed by atoms with Crippen molar-refractivity contribution in [3.63, 3.8) is 0 Å². The number of carbonyl (C=O) groups is 1. The Morgan fingerprint density at radius 1 is 0.931 bits per heavy atom. The van der Waals surface area contributed by atoms with E-state index in [1.807, 2.05) is 11.8 Å². The van der Waals surface area contributed by atoms with Gasteiger partial charge < -0.3 is 9.80 Å². The summed E-state index contributed by atoms with van der Waals surface area (Å²) in [5.41, 5.74) is 1.37. The number of hydrogen-bond donors (Lipinski definition) is 0. The Labute approximate surface area is 180 Å². The van der Waals surface area contributed by atoms with Crippen LogP contribution in [0.2, 0.25) is 0 Å². The Balaban J connectivity index is 1.57. The van der Waals surface area contributed by atoms with Crippen LogP contribution in [0.4, 0.5) is 0 Å². The molecule has 156 valence electrons. The highest BCUT2D eigenvalue weighted by Crippen LogP contribution is 2.24. The molecule has 0 aromatic heterocycles. The third-order valence-electron chi connectivity index (χ3n) is 5.55. The number of thioether (sulfide) groups is 1. The molecule has 1 saturated heterocycles. The van der Waals surface area contributed by atoms with E-state index in [1.54, 1.807) is 0 Å². The van der Waals surface area contributed by atoms with Crippen LogP contribution in [0.5, 0.6) is 0 Å². The van der Waals surface area contributed by atoms with E-state index in [0.717, 1.165) is 44.8 Å². The average Bonchev–Trinajstić information content (AvgIpc) is 2.92. The maximum Gasteiger partial charge on any atom is 0.224 e. The maximum absolute atomic E-state index is 13.0. The second-order valence-corrected chi connectivity index (χ2v) is 9.42. The van der Waals surface area contributed by atoms with Crippen molar-refractivity contribution in [2.75, 3.05) is 31.9 Å². The Hall–Kier alpha value is -1.78. The van der Waals surface area contributed by atoms with Gasteiger partial charge in [0.15, 0.2) is 0 Å². The van der Waals surface area contributed by atoms with Crippen molar-refractivity contribution in [1.29, 1.82) is 0 Å². The standard InChI is InChI=1S/C25H34N2OS/c1-21(2)19-23(20-29-24-11-7-4-8-12-24)27-18-17-26(16-14-25(27)28)15-13-22-9-5-3-6-10-22/h3-12,21,23H,13-20H2,1-2H3/t23-/m0/s1. The van der Waals surface area contributed by atoms with Gasteiger partial charge in [-0.25, -0.2) is 0 Å². The average molecular weight is 411 g/mol. The van der Waals surface area contributed by atoms with Crippen molar-refractivity contribution in [3.8, 4) is 0 Å². The van der Waals surface area contributed by atoms with E-state index in [4.69, 9.17) is 0 Å². The minimum absolute atomic E-state index is 0.307. The van der Waals surface area contributed by atoms with Crippen LogP contribution in [0.25, 0.3) is 0 Å². The molecular formula is C25H34N2OS. The molecule has 29 heavy (non-hydrogen) atoms. The molecule has 1 atom stereocenters. The number of nitrogens with zero attached hydrogens (tertiary/aromatic N) is 2. The number of hydrogen-bond acceptors (Lipinski definition) is 3. The predicted molar refractivity (Wildman–Crippen MR) is 123 cm³/mol. The first-order valence-electron chi connectivity index (χ1n) is 10.9. The molecule has 0 bridgehead atoms. The second kappa shape index (κ2) is 11.4. The number of carbonyl (C=O) groups excluding carboxylic acids is 1. The van der Waals surface area contributed by atoms with Gasteiger partial charge in [-0.2, -0.15) is 0 Å². The molecule has 4 heteroatoms. The Kier molecular flexibility index (Phi) is 8.63. The Morgan fingerprint density at radius 3 is 2.31 bits per heavy atom. The lowest BCUT2D eigenvalue weighted by atomic mass is 10.0. The zero-order chi connectivity index (χ0) is 20.5. The molecule has 3 nitrogen and oxygen atoms in total. The molecule has 1 aliphatic heterocycles. The molecule has 0 N–H and O–H groups in total. The quantitative estimate of drug-likeness (QED) is 0.545. The summed E-state index contributed by atoms with van der Waals surface area (Å²) < 4.78 is 0. The summed E-state index contributed by atoms with van der Waals surface area (Å²) in [6.45, 7) is 8.24. The lowest BCUT2D eigenvalue weighted by Crippen LogP contribution is -2.43. The van der Waals surface area contributed by atoms with Gasteiger partial charge in [0.25, 0.3) is 0 Å². The van der Waals surface area contributed by atoms with Crippen molar-refractivity contribution in [2.24, 2.45) is 5.92 Å². The van der Waals surface area contributed by atoms with Crippen molar-refractivity contribution in [2.45, 2.75) is 44.0 Å². The fraction of sp³-hybridized carbons (Fsp3) is 0.480. The van der Waals surface area contributed by atoms with Gasteiger partial charge in [0.05, 0.1) is 0 Å². The summed E-state index contributed by atoms with van der Waals surface area (Å²) in [5, 5.41) is 0. The molecule has 1 fully saturated rings. The lowest BCUT2D eigenvalue weighted by Gasteiger charge is -2.32.